The van der Waals surface area contributed by atoms with Crippen molar-refractivity contribution in [2.75, 3.05) is 0 Å². The van der Waals surface area contributed by atoms with Crippen LogP contribution in [0.2, 0.25) is 0 Å². The van der Waals surface area contributed by atoms with Crippen molar-refractivity contribution < 1.29 is 4.79 Å². The molecule has 1 aliphatic rings. The maximum atomic E-state index is 11.8. The van der Waals surface area contributed by atoms with Gasteiger partial charge in [-0.2, -0.15) is 0 Å². The van der Waals surface area contributed by atoms with Crippen LogP contribution in [0.25, 0.3) is 0 Å². The number of nitrogens with zero attached hydrogens (tertiary/aromatic N) is 2. The zero-order valence-corrected chi connectivity index (χ0v) is 10.2. The molecule has 0 bridgehead atoms. The first kappa shape index (κ1) is 11.2. The quantitative estimate of drug-likeness (QED) is 0.778. The van der Waals surface area contributed by atoms with Gasteiger partial charge in [-0.05, 0) is 6.42 Å². The van der Waals surface area contributed by atoms with E-state index in [0.29, 0.717) is 0 Å². The minimum Gasteiger partial charge on any atom is -0.352 e. The van der Waals surface area contributed by atoms with E-state index in [1.807, 2.05) is 33.2 Å². The zero-order chi connectivity index (χ0) is 11.8. The fourth-order valence-corrected chi connectivity index (χ4v) is 1.88. The van der Waals surface area contributed by atoms with Crippen LogP contribution < -0.4 is 5.32 Å². The van der Waals surface area contributed by atoms with Crippen LogP contribution in [-0.2, 0) is 17.8 Å². The fraction of sp³-hybridized carbons (Fsp3) is 0.667. The number of aryl methyl sites for hydroxylation is 1. The van der Waals surface area contributed by atoms with Gasteiger partial charge in [-0.15, -0.1) is 0 Å². The minimum absolute atomic E-state index is 0.123. The second-order valence-electron chi connectivity index (χ2n) is 5.45. The van der Waals surface area contributed by atoms with E-state index in [1.54, 1.807) is 0 Å². The van der Waals surface area contributed by atoms with E-state index in [9.17, 15) is 4.79 Å². The third kappa shape index (κ3) is 2.26. The van der Waals surface area contributed by atoms with E-state index < -0.39 is 0 Å². The van der Waals surface area contributed by atoms with Crippen molar-refractivity contribution >= 4 is 5.91 Å². The lowest BCUT2D eigenvalue weighted by molar-refractivity contribution is -0.129. The standard InChI is InChI=1S/C12H19N3O/c1-12(2,3)11(16)14-9-4-6-15-7-5-13-10(15)8-9/h5,7,9H,4,6,8H2,1-3H3,(H,14,16). The van der Waals surface area contributed by atoms with Crippen molar-refractivity contribution in [2.45, 2.75) is 46.2 Å². The second kappa shape index (κ2) is 3.92. The van der Waals surface area contributed by atoms with Gasteiger partial charge in [0.2, 0.25) is 5.91 Å². The SMILES string of the molecule is CC(C)(C)C(=O)NC1CCn2ccnc2C1. The summed E-state index contributed by atoms with van der Waals surface area (Å²) in [5, 5.41) is 3.10. The first-order valence-electron chi connectivity index (χ1n) is 5.78. The molecule has 2 rings (SSSR count). The van der Waals surface area contributed by atoms with E-state index >= 15 is 0 Å². The summed E-state index contributed by atoms with van der Waals surface area (Å²) >= 11 is 0. The van der Waals surface area contributed by atoms with Crippen LogP contribution in [0.15, 0.2) is 12.4 Å². The summed E-state index contributed by atoms with van der Waals surface area (Å²) in [6.45, 7) is 6.76. The van der Waals surface area contributed by atoms with Gasteiger partial charge >= 0.3 is 0 Å². The molecule has 0 saturated carbocycles. The van der Waals surface area contributed by atoms with Crippen LogP contribution in [0.5, 0.6) is 0 Å². The Morgan fingerprint density at radius 3 is 3.00 bits per heavy atom. The fourth-order valence-electron chi connectivity index (χ4n) is 1.88. The molecule has 88 valence electrons. The highest BCUT2D eigenvalue weighted by atomic mass is 16.2. The molecular formula is C12H19N3O. The number of hydrogen-bond acceptors (Lipinski definition) is 2. The maximum Gasteiger partial charge on any atom is 0.225 e. The van der Waals surface area contributed by atoms with Crippen molar-refractivity contribution in [1.82, 2.24) is 14.9 Å². The highest BCUT2D eigenvalue weighted by Crippen LogP contribution is 2.17. The predicted molar refractivity (Wildman–Crippen MR) is 61.9 cm³/mol. The van der Waals surface area contributed by atoms with Gasteiger partial charge in [-0.25, -0.2) is 4.98 Å². The molecule has 4 nitrogen and oxygen atoms in total. The molecule has 1 aromatic rings. The van der Waals surface area contributed by atoms with Gasteiger partial charge in [0.05, 0.1) is 0 Å². The molecule has 4 heteroatoms. The summed E-state index contributed by atoms with van der Waals surface area (Å²) in [5.41, 5.74) is -0.313. The van der Waals surface area contributed by atoms with Crippen LogP contribution in [0.1, 0.15) is 33.0 Å². The molecule has 0 radical (unpaired) electrons. The Labute approximate surface area is 96.1 Å². The predicted octanol–water partition coefficient (Wildman–Crippen LogP) is 1.36. The lowest BCUT2D eigenvalue weighted by Gasteiger charge is -2.27. The number of rotatable bonds is 1. The first-order valence-corrected chi connectivity index (χ1v) is 5.78. The van der Waals surface area contributed by atoms with Gasteiger partial charge in [-0.1, -0.05) is 20.8 Å². The van der Waals surface area contributed by atoms with Gasteiger partial charge in [0.25, 0.3) is 0 Å². The highest BCUT2D eigenvalue weighted by Gasteiger charge is 2.26. The zero-order valence-electron chi connectivity index (χ0n) is 10.2. The minimum atomic E-state index is -0.313. The van der Waals surface area contributed by atoms with Crippen molar-refractivity contribution in [2.24, 2.45) is 5.41 Å². The molecule has 16 heavy (non-hydrogen) atoms. The van der Waals surface area contributed by atoms with E-state index in [1.165, 1.54) is 0 Å². The number of carbonyl (C=O) groups is 1. The average molecular weight is 221 g/mol. The van der Waals surface area contributed by atoms with Crippen LogP contribution >= 0.6 is 0 Å². The van der Waals surface area contributed by atoms with E-state index in [4.69, 9.17) is 0 Å². The molecule has 1 N–H and O–H groups in total. The average Bonchev–Trinajstić information content (AvgIpc) is 2.63. The third-order valence-electron chi connectivity index (χ3n) is 2.97. The van der Waals surface area contributed by atoms with Gasteiger partial charge < -0.3 is 9.88 Å². The summed E-state index contributed by atoms with van der Waals surface area (Å²) in [5.74, 6) is 1.20. The molecule has 0 aliphatic carbocycles. The highest BCUT2D eigenvalue weighted by molar-refractivity contribution is 5.81. The van der Waals surface area contributed by atoms with Crippen molar-refractivity contribution in [1.29, 1.82) is 0 Å². The summed E-state index contributed by atoms with van der Waals surface area (Å²) < 4.78 is 2.15. The molecule has 2 heterocycles. The second-order valence-corrected chi connectivity index (χ2v) is 5.45. The van der Waals surface area contributed by atoms with E-state index in [0.717, 1.165) is 25.2 Å². The molecule has 0 aromatic carbocycles. The molecule has 0 spiro atoms. The van der Waals surface area contributed by atoms with E-state index in [2.05, 4.69) is 14.9 Å². The normalized spacial score (nSPS) is 20.3. The lowest BCUT2D eigenvalue weighted by Crippen LogP contribution is -2.45. The molecule has 1 amide bonds. The Balaban J connectivity index is 1.97. The Morgan fingerprint density at radius 1 is 1.56 bits per heavy atom. The number of aromatic nitrogens is 2. The topological polar surface area (TPSA) is 46.9 Å². The number of nitrogens with one attached hydrogen (secondary N) is 1. The summed E-state index contributed by atoms with van der Waals surface area (Å²) in [6, 6.07) is 0.238. The van der Waals surface area contributed by atoms with Gasteiger partial charge in [0.15, 0.2) is 0 Å². The Hall–Kier alpha value is -1.32. The van der Waals surface area contributed by atoms with Crippen LogP contribution in [0.4, 0.5) is 0 Å². The molecule has 0 saturated heterocycles. The molecule has 1 aliphatic heterocycles. The molecule has 1 atom stereocenters. The van der Waals surface area contributed by atoms with Crippen LogP contribution in [-0.4, -0.2) is 21.5 Å². The van der Waals surface area contributed by atoms with Crippen molar-refractivity contribution in [3.05, 3.63) is 18.2 Å². The Bertz CT molecular complexity index is 389. The Morgan fingerprint density at radius 2 is 2.31 bits per heavy atom. The van der Waals surface area contributed by atoms with Crippen molar-refractivity contribution in [3.8, 4) is 0 Å². The molecule has 0 fully saturated rings. The summed E-state index contributed by atoms with van der Waals surface area (Å²) in [6.07, 6.45) is 5.65. The number of fused-ring (bicyclic) bond motifs is 1. The largest absolute Gasteiger partial charge is 0.352 e. The van der Waals surface area contributed by atoms with Crippen molar-refractivity contribution in [3.63, 3.8) is 0 Å². The third-order valence-corrected chi connectivity index (χ3v) is 2.97. The van der Waals surface area contributed by atoms with Gasteiger partial charge in [0, 0.05) is 36.8 Å². The molecule has 1 aromatic heterocycles. The number of imidazole rings is 1. The Kier molecular flexibility index (Phi) is 2.74. The first-order chi connectivity index (χ1) is 7.47. The smallest absolute Gasteiger partial charge is 0.225 e. The lowest BCUT2D eigenvalue weighted by atomic mass is 9.94. The molecule has 1 unspecified atom stereocenters. The summed E-state index contributed by atoms with van der Waals surface area (Å²) in [7, 11) is 0. The van der Waals surface area contributed by atoms with Crippen LogP contribution in [0, 0.1) is 5.41 Å². The van der Waals surface area contributed by atoms with Gasteiger partial charge in [0.1, 0.15) is 5.82 Å². The number of carbonyl (C=O) groups excluding carboxylic acids is 1. The number of amides is 1. The van der Waals surface area contributed by atoms with E-state index in [-0.39, 0.29) is 17.4 Å². The maximum absolute atomic E-state index is 11.8. The molecular weight excluding hydrogens is 202 g/mol. The van der Waals surface area contributed by atoms with Gasteiger partial charge in [-0.3, -0.25) is 4.79 Å². The monoisotopic (exact) mass is 221 g/mol. The van der Waals surface area contributed by atoms with Crippen LogP contribution in [0.3, 0.4) is 0 Å². The summed E-state index contributed by atoms with van der Waals surface area (Å²) in [4.78, 5) is 16.1. The number of hydrogen-bond donors (Lipinski definition) is 1.